The first-order chi connectivity index (χ1) is 47.5. The van der Waals surface area contributed by atoms with Crippen LogP contribution in [0.15, 0.2) is 126 Å². The lowest BCUT2D eigenvalue weighted by molar-refractivity contribution is -0.120. The number of hydrogen-bond donors (Lipinski definition) is 8. The lowest BCUT2D eigenvalue weighted by atomic mass is 10.1. The van der Waals surface area contributed by atoms with Gasteiger partial charge in [-0.05, 0) is 165 Å². The number of carbonyl (C=O) groups is 4. The van der Waals surface area contributed by atoms with E-state index in [2.05, 4.69) is 51.1 Å². The normalized spacial score (nSPS) is 14.0. The molecule has 99 heavy (non-hydrogen) atoms. The highest BCUT2D eigenvalue weighted by Gasteiger charge is 2.27. The van der Waals surface area contributed by atoms with Gasteiger partial charge in [0.25, 0.3) is 32.1 Å². The van der Waals surface area contributed by atoms with Gasteiger partial charge in [-0.2, -0.15) is 41.8 Å². The number of hydrogen-bond acceptors (Lipinski definition) is 28. The van der Waals surface area contributed by atoms with Crippen molar-refractivity contribution in [2.75, 3.05) is 124 Å². The van der Waals surface area contributed by atoms with Crippen molar-refractivity contribution < 1.29 is 55.3 Å². The van der Waals surface area contributed by atoms with E-state index in [0.29, 0.717) is 96.5 Å². The molecular weight excluding hydrogens is 1350 g/mol. The van der Waals surface area contributed by atoms with Crippen LogP contribution in [-0.2, 0) is 39.4 Å². The summed E-state index contributed by atoms with van der Waals surface area (Å²) in [7, 11) is -9.20. The maximum atomic E-state index is 13.8. The molecule has 8 N–H and O–H groups in total. The first kappa shape index (κ1) is 73.7. The molecule has 0 atom stereocenters. The second kappa shape index (κ2) is 33.8. The largest absolute Gasteiger partial charge is 0.395 e. The molecule has 0 radical (unpaired) electrons. The number of benzene rings is 4. The Morgan fingerprint density at radius 1 is 0.525 bits per heavy atom. The highest BCUT2D eigenvalue weighted by atomic mass is 32.2. The summed E-state index contributed by atoms with van der Waals surface area (Å²) < 4.78 is 66.9. The number of aliphatic hydroxyl groups is 2. The number of nitrogens with one attached hydrogen (secondary N) is 4. The van der Waals surface area contributed by atoms with Gasteiger partial charge in [0.2, 0.25) is 28.1 Å². The Bertz CT molecular complexity index is 4170. The molecule has 0 bridgehead atoms. The van der Waals surface area contributed by atoms with E-state index in [4.69, 9.17) is 35.1 Å². The molecule has 0 unspecified atom stereocenters. The van der Waals surface area contributed by atoms with Crippen molar-refractivity contribution in [3.05, 3.63) is 106 Å². The number of nitrogens with zero attached hydrogens (tertiary/aromatic N) is 14. The third-order valence-electron chi connectivity index (χ3n) is 16.0. The van der Waals surface area contributed by atoms with Crippen molar-refractivity contribution in [3.63, 3.8) is 0 Å². The fourth-order valence-corrected chi connectivity index (χ4v) is 13.7. The average molecular weight is 1430 g/mol. The predicted molar refractivity (Wildman–Crippen MR) is 385 cm³/mol. The van der Waals surface area contributed by atoms with Crippen molar-refractivity contribution in [2.45, 2.75) is 89.9 Å². The zero-order valence-electron chi connectivity index (χ0n) is 55.4. The lowest BCUT2D eigenvalue weighted by Crippen LogP contribution is -2.31. The van der Waals surface area contributed by atoms with E-state index in [1.807, 2.05) is 52.0 Å². The lowest BCUT2D eigenvalue weighted by Gasteiger charge is -2.27. The van der Waals surface area contributed by atoms with E-state index in [1.165, 1.54) is 50.3 Å². The molecule has 2 fully saturated rings. The number of azo groups is 2. The van der Waals surface area contributed by atoms with Gasteiger partial charge in [-0.1, -0.05) is 34.8 Å². The van der Waals surface area contributed by atoms with Crippen LogP contribution < -0.4 is 45.8 Å². The van der Waals surface area contributed by atoms with Crippen LogP contribution in [0.25, 0.3) is 12.2 Å². The molecule has 2 amide bonds. The number of amides is 2. The highest BCUT2D eigenvalue weighted by Crippen LogP contribution is 2.41. The molecule has 3 aromatic heterocycles. The summed E-state index contributed by atoms with van der Waals surface area (Å²) in [5, 5.41) is 51.6. The Hall–Kier alpha value is -9.55. The second-order valence-corrected chi connectivity index (χ2v) is 27.6. The molecule has 0 aliphatic carbocycles. The highest BCUT2D eigenvalue weighted by molar-refractivity contribution is 7.86. The van der Waals surface area contributed by atoms with E-state index in [9.17, 15) is 55.3 Å². The zero-order chi connectivity index (χ0) is 71.0. The van der Waals surface area contributed by atoms with Gasteiger partial charge in [-0.15, -0.1) is 20.5 Å². The van der Waals surface area contributed by atoms with Crippen LogP contribution in [-0.4, -0.2) is 163 Å². The van der Waals surface area contributed by atoms with E-state index in [1.54, 1.807) is 17.0 Å². The van der Waals surface area contributed by atoms with E-state index in [-0.39, 0.29) is 76.9 Å². The standard InChI is InChI=1S/C65H78N18O12S4/c1-7-79(8-2)45-23-25-51(75-77-64-70-57(81-27-13-11-14-28-81)55(96-64)39-49(41(5)86)59(88)66-43-19-17-21-47(35-43)98(90,91)92)53(37-45)68-61-72-62(74-63(73-61)83(31-33-84)32-34-85)69-54-38-46(80(9-3)10-4)24-26-52(54)76-78-65-71-58(82-29-15-12-16-30-82)56(97-65)40-50(42(6)87)60(89)67-44-20-18-22-48(36-44)99(93,94)95/h17-26,35-40,84-85H,7-16,27-34H2,1-6H3,(H,66,88)(H,67,89)(H,90,91,92)(H,93,94,95)(H2,68,69,72,73,74)/b49-39-,50-40+,77-75+,78-76+. The Labute approximate surface area is 581 Å². The quantitative estimate of drug-likeness (QED) is 0.00658. The third kappa shape index (κ3) is 19.4. The Balaban J connectivity index is 1.09. The minimum atomic E-state index is -4.60. The number of ketones is 2. The number of aromatic nitrogens is 5. The summed E-state index contributed by atoms with van der Waals surface area (Å²) in [6.45, 7) is 15.1. The van der Waals surface area contributed by atoms with Crippen molar-refractivity contribution in [3.8, 4) is 0 Å². The minimum Gasteiger partial charge on any atom is -0.395 e. The summed E-state index contributed by atoms with van der Waals surface area (Å²) in [5.41, 5.74) is 2.60. The fourth-order valence-electron chi connectivity index (χ4n) is 10.9. The summed E-state index contributed by atoms with van der Waals surface area (Å²) in [4.78, 5) is 88.3. The predicted octanol–water partition coefficient (Wildman–Crippen LogP) is 11.3. The van der Waals surface area contributed by atoms with Gasteiger partial charge in [0.15, 0.2) is 11.6 Å². The molecule has 2 aliphatic rings. The van der Waals surface area contributed by atoms with Crippen LogP contribution in [0, 0.1) is 0 Å². The molecule has 34 heteroatoms. The molecule has 2 saturated heterocycles. The Morgan fingerprint density at radius 2 is 0.919 bits per heavy atom. The minimum absolute atomic E-state index is 0.00672. The SMILES string of the molecule is CCN(CC)c1ccc(/N=N/c2nc(N3CCCCC3)c(/C=C(/C(C)=O)C(=O)Nc3cccc(S(=O)(=O)O)c3)s2)c(Nc2nc(Nc3cc(N(CC)CC)ccc3/N=N/c3nc(N4CCCCC4)c(/C=C(\C(C)=O)C(=O)Nc4cccc(S(=O)(=O)O)c4)s3)nc(N(CCO)CCO)n2)c1. The smallest absolute Gasteiger partial charge is 0.294 e. The Kier molecular flexibility index (Phi) is 25.2. The third-order valence-corrected chi connectivity index (χ3v) is 19.4. The zero-order valence-corrected chi connectivity index (χ0v) is 58.7. The van der Waals surface area contributed by atoms with Gasteiger partial charge in [0.05, 0.1) is 55.3 Å². The number of Topliss-reactive ketones (excluding diaryl/α,β-unsaturated/α-hetero) is 2. The Morgan fingerprint density at radius 3 is 1.27 bits per heavy atom. The number of rotatable bonds is 31. The maximum absolute atomic E-state index is 13.8. The maximum Gasteiger partial charge on any atom is 0.294 e. The molecular formula is C65H78N18O12S4. The van der Waals surface area contributed by atoms with Crippen molar-refractivity contribution in [2.24, 2.45) is 20.5 Å². The van der Waals surface area contributed by atoms with Gasteiger partial charge in [0, 0.05) is 88.2 Å². The number of aliphatic hydroxyl groups excluding tert-OH is 2. The summed E-state index contributed by atoms with van der Waals surface area (Å²) in [6.07, 6.45) is 8.33. The van der Waals surface area contributed by atoms with Crippen LogP contribution in [0.3, 0.4) is 0 Å². The topological polar surface area (TPSA) is 396 Å². The van der Waals surface area contributed by atoms with Crippen LogP contribution >= 0.6 is 22.7 Å². The van der Waals surface area contributed by atoms with E-state index < -0.39 is 53.4 Å². The molecule has 5 heterocycles. The van der Waals surface area contributed by atoms with Crippen LogP contribution in [0.1, 0.15) is 89.8 Å². The van der Waals surface area contributed by atoms with Crippen LogP contribution in [0.4, 0.5) is 85.2 Å². The van der Waals surface area contributed by atoms with Gasteiger partial charge in [0.1, 0.15) is 23.0 Å². The van der Waals surface area contributed by atoms with Gasteiger partial charge < -0.3 is 56.0 Å². The fraction of sp³-hybridized carbons (Fsp3) is 0.369. The first-order valence-electron chi connectivity index (χ1n) is 32.1. The van der Waals surface area contributed by atoms with Crippen molar-refractivity contribution >= 4 is 164 Å². The molecule has 2 aliphatic heterocycles. The summed E-state index contributed by atoms with van der Waals surface area (Å²) in [5.74, 6) is -1.77. The van der Waals surface area contributed by atoms with E-state index >= 15 is 0 Å². The molecule has 4 aromatic carbocycles. The van der Waals surface area contributed by atoms with Gasteiger partial charge in [-0.3, -0.25) is 28.3 Å². The first-order valence-corrected chi connectivity index (χ1v) is 36.6. The molecule has 9 rings (SSSR count). The summed E-state index contributed by atoms with van der Waals surface area (Å²) >= 11 is 2.18. The van der Waals surface area contributed by atoms with Crippen LogP contribution in [0.5, 0.6) is 0 Å². The van der Waals surface area contributed by atoms with Crippen molar-refractivity contribution in [1.29, 1.82) is 0 Å². The molecule has 524 valence electrons. The number of carbonyl (C=O) groups excluding carboxylic acids is 4. The molecule has 30 nitrogen and oxygen atoms in total. The second-order valence-electron chi connectivity index (χ2n) is 22.7. The molecule has 7 aromatic rings. The number of thiazole rings is 2. The monoisotopic (exact) mass is 1430 g/mol. The molecule has 0 spiro atoms. The summed E-state index contributed by atoms with van der Waals surface area (Å²) in [6, 6.07) is 21.0. The van der Waals surface area contributed by atoms with Crippen LogP contribution in [0.2, 0.25) is 0 Å². The van der Waals surface area contributed by atoms with Crippen molar-refractivity contribution in [1.82, 2.24) is 24.9 Å². The van der Waals surface area contributed by atoms with E-state index in [0.717, 1.165) is 96.8 Å². The number of piperidine rings is 2. The van der Waals surface area contributed by atoms with Gasteiger partial charge >= 0.3 is 0 Å². The average Bonchev–Trinajstić information content (AvgIpc) is 1.68. The molecule has 0 saturated carbocycles. The number of anilines is 11. The van der Waals surface area contributed by atoms with Gasteiger partial charge in [-0.25, -0.2) is 0 Å².